The molecule has 0 spiro atoms. The standard InChI is InChI=1S/C13H13ClF3N3/c1-20-8-7-18-11(20)5-6-19-12-9(13(15,16)17)3-2-4-10(12)14/h2-4,7-8,19H,5-6H2,1H3. The van der Waals surface area contributed by atoms with E-state index in [1.54, 1.807) is 12.4 Å². The van der Waals surface area contributed by atoms with Crippen molar-refractivity contribution in [2.45, 2.75) is 12.6 Å². The zero-order valence-electron chi connectivity index (χ0n) is 10.7. The van der Waals surface area contributed by atoms with Crippen LogP contribution in [0.5, 0.6) is 0 Å². The lowest BCUT2D eigenvalue weighted by Crippen LogP contribution is -2.14. The number of hydrogen-bond acceptors (Lipinski definition) is 2. The van der Waals surface area contributed by atoms with E-state index in [4.69, 9.17) is 11.6 Å². The van der Waals surface area contributed by atoms with Gasteiger partial charge >= 0.3 is 6.18 Å². The van der Waals surface area contributed by atoms with E-state index in [-0.39, 0.29) is 10.7 Å². The average molecular weight is 304 g/mol. The fourth-order valence-electron chi connectivity index (χ4n) is 1.88. The SMILES string of the molecule is Cn1ccnc1CCNc1c(Cl)cccc1C(F)(F)F. The summed E-state index contributed by atoms with van der Waals surface area (Å²) < 4.78 is 40.5. The highest BCUT2D eigenvalue weighted by molar-refractivity contribution is 6.33. The topological polar surface area (TPSA) is 29.9 Å². The number of halogens is 4. The predicted molar refractivity (Wildman–Crippen MR) is 71.9 cm³/mol. The zero-order chi connectivity index (χ0) is 14.8. The average Bonchev–Trinajstić information content (AvgIpc) is 2.76. The Kier molecular flexibility index (Phi) is 4.23. The first-order chi connectivity index (χ1) is 9.39. The number of aryl methyl sites for hydroxylation is 1. The summed E-state index contributed by atoms with van der Waals surface area (Å²) >= 11 is 5.84. The maximum Gasteiger partial charge on any atom is 0.418 e. The maximum atomic E-state index is 12.9. The minimum Gasteiger partial charge on any atom is -0.383 e. The fourth-order valence-corrected chi connectivity index (χ4v) is 2.12. The number of anilines is 1. The highest BCUT2D eigenvalue weighted by Gasteiger charge is 2.34. The van der Waals surface area contributed by atoms with E-state index in [1.165, 1.54) is 12.1 Å². The predicted octanol–water partition coefficient (Wildman–Crippen LogP) is 3.75. The van der Waals surface area contributed by atoms with Gasteiger partial charge in [0, 0.05) is 32.4 Å². The van der Waals surface area contributed by atoms with Crippen molar-refractivity contribution in [3.05, 3.63) is 47.0 Å². The van der Waals surface area contributed by atoms with Gasteiger partial charge in [-0.2, -0.15) is 13.2 Å². The van der Waals surface area contributed by atoms with Crippen molar-refractivity contribution in [1.82, 2.24) is 9.55 Å². The van der Waals surface area contributed by atoms with Crippen molar-refractivity contribution in [1.29, 1.82) is 0 Å². The second-order valence-electron chi connectivity index (χ2n) is 4.29. The maximum absolute atomic E-state index is 12.9. The number of para-hydroxylation sites is 1. The molecule has 0 saturated heterocycles. The molecule has 0 amide bonds. The van der Waals surface area contributed by atoms with Crippen LogP contribution >= 0.6 is 11.6 Å². The molecule has 1 aromatic heterocycles. The molecule has 3 nitrogen and oxygen atoms in total. The van der Waals surface area contributed by atoms with Gasteiger partial charge < -0.3 is 9.88 Å². The molecule has 1 N–H and O–H groups in total. The van der Waals surface area contributed by atoms with Gasteiger partial charge in [-0.3, -0.25) is 0 Å². The highest BCUT2D eigenvalue weighted by atomic mass is 35.5. The van der Waals surface area contributed by atoms with E-state index in [1.807, 2.05) is 11.6 Å². The second kappa shape index (κ2) is 5.75. The molecule has 0 fully saturated rings. The van der Waals surface area contributed by atoms with Crippen LogP contribution in [-0.2, 0) is 19.6 Å². The first-order valence-electron chi connectivity index (χ1n) is 5.95. The molecule has 0 aliphatic rings. The van der Waals surface area contributed by atoms with E-state index >= 15 is 0 Å². The van der Waals surface area contributed by atoms with Crippen molar-refractivity contribution in [3.63, 3.8) is 0 Å². The van der Waals surface area contributed by atoms with Crippen molar-refractivity contribution in [2.75, 3.05) is 11.9 Å². The number of aromatic nitrogens is 2. The zero-order valence-corrected chi connectivity index (χ0v) is 11.5. The Morgan fingerprint density at radius 2 is 2.10 bits per heavy atom. The van der Waals surface area contributed by atoms with Crippen LogP contribution in [0.15, 0.2) is 30.6 Å². The Bertz CT molecular complexity index is 593. The molecular weight excluding hydrogens is 291 g/mol. The summed E-state index contributed by atoms with van der Waals surface area (Å²) in [4.78, 5) is 4.11. The molecular formula is C13H13ClF3N3. The van der Waals surface area contributed by atoms with E-state index in [9.17, 15) is 13.2 Å². The van der Waals surface area contributed by atoms with Crippen LogP contribution < -0.4 is 5.32 Å². The number of alkyl halides is 3. The van der Waals surface area contributed by atoms with Crippen molar-refractivity contribution >= 4 is 17.3 Å². The van der Waals surface area contributed by atoms with Crippen LogP contribution in [0, 0.1) is 0 Å². The molecule has 0 bridgehead atoms. The molecule has 2 rings (SSSR count). The molecule has 0 radical (unpaired) electrons. The quantitative estimate of drug-likeness (QED) is 0.932. The molecule has 0 saturated carbocycles. The summed E-state index contributed by atoms with van der Waals surface area (Å²) in [5.74, 6) is 0.790. The van der Waals surface area contributed by atoms with Crippen LogP contribution in [-0.4, -0.2) is 16.1 Å². The number of benzene rings is 1. The van der Waals surface area contributed by atoms with Gasteiger partial charge in [0.1, 0.15) is 5.82 Å². The smallest absolute Gasteiger partial charge is 0.383 e. The van der Waals surface area contributed by atoms with Crippen molar-refractivity contribution in [3.8, 4) is 0 Å². The van der Waals surface area contributed by atoms with Gasteiger partial charge in [-0.05, 0) is 12.1 Å². The van der Waals surface area contributed by atoms with Crippen LogP contribution in [0.3, 0.4) is 0 Å². The molecule has 2 aromatic rings. The lowest BCUT2D eigenvalue weighted by Gasteiger charge is -2.15. The largest absolute Gasteiger partial charge is 0.418 e. The molecule has 0 atom stereocenters. The lowest BCUT2D eigenvalue weighted by atomic mass is 10.1. The number of rotatable bonds is 4. The van der Waals surface area contributed by atoms with Gasteiger partial charge in [-0.15, -0.1) is 0 Å². The van der Waals surface area contributed by atoms with Gasteiger partial charge in [0.05, 0.1) is 16.3 Å². The minimum atomic E-state index is -4.43. The Balaban J connectivity index is 2.11. The van der Waals surface area contributed by atoms with Gasteiger partial charge in [0.25, 0.3) is 0 Å². The number of hydrogen-bond donors (Lipinski definition) is 1. The first-order valence-corrected chi connectivity index (χ1v) is 6.33. The Morgan fingerprint density at radius 3 is 2.70 bits per heavy atom. The van der Waals surface area contributed by atoms with E-state index in [0.29, 0.717) is 13.0 Å². The number of nitrogens with one attached hydrogen (secondary N) is 1. The molecule has 20 heavy (non-hydrogen) atoms. The Hall–Kier alpha value is -1.69. The van der Waals surface area contributed by atoms with Crippen LogP contribution in [0.25, 0.3) is 0 Å². The summed E-state index contributed by atoms with van der Waals surface area (Å²) in [5, 5.41) is 2.80. The van der Waals surface area contributed by atoms with Crippen LogP contribution in [0.2, 0.25) is 5.02 Å². The monoisotopic (exact) mass is 303 g/mol. The Labute approximate surface area is 119 Å². The van der Waals surface area contributed by atoms with E-state index in [2.05, 4.69) is 10.3 Å². The number of nitrogens with zero attached hydrogens (tertiary/aromatic N) is 2. The van der Waals surface area contributed by atoms with E-state index < -0.39 is 11.7 Å². The fraction of sp³-hybridized carbons (Fsp3) is 0.308. The van der Waals surface area contributed by atoms with Gasteiger partial charge in [-0.1, -0.05) is 17.7 Å². The summed E-state index contributed by atoms with van der Waals surface area (Å²) in [6.45, 7) is 0.317. The molecule has 108 valence electrons. The van der Waals surface area contributed by atoms with Crippen LogP contribution in [0.4, 0.5) is 18.9 Å². The second-order valence-corrected chi connectivity index (χ2v) is 4.70. The van der Waals surface area contributed by atoms with Gasteiger partial charge in [-0.25, -0.2) is 4.98 Å². The molecule has 0 unspecified atom stereocenters. The van der Waals surface area contributed by atoms with Gasteiger partial charge in [0.15, 0.2) is 0 Å². The van der Waals surface area contributed by atoms with Crippen molar-refractivity contribution in [2.24, 2.45) is 7.05 Å². The summed E-state index contributed by atoms with van der Waals surface area (Å²) in [7, 11) is 1.83. The Morgan fingerprint density at radius 1 is 1.35 bits per heavy atom. The third-order valence-corrected chi connectivity index (χ3v) is 3.21. The molecule has 0 aliphatic carbocycles. The molecule has 1 aromatic carbocycles. The lowest BCUT2D eigenvalue weighted by molar-refractivity contribution is -0.136. The summed E-state index contributed by atoms with van der Waals surface area (Å²) in [6.07, 6.45) is -0.500. The van der Waals surface area contributed by atoms with Gasteiger partial charge in [0.2, 0.25) is 0 Å². The molecule has 7 heteroatoms. The number of imidazole rings is 1. The van der Waals surface area contributed by atoms with Crippen LogP contribution in [0.1, 0.15) is 11.4 Å². The molecule has 1 heterocycles. The first kappa shape index (κ1) is 14.7. The normalized spacial score (nSPS) is 11.7. The summed E-state index contributed by atoms with van der Waals surface area (Å²) in [5.41, 5.74) is -0.847. The third kappa shape index (κ3) is 3.25. The van der Waals surface area contributed by atoms with Crippen molar-refractivity contribution < 1.29 is 13.2 Å². The molecule has 0 aliphatic heterocycles. The highest BCUT2D eigenvalue weighted by Crippen LogP contribution is 2.38. The third-order valence-electron chi connectivity index (χ3n) is 2.89. The summed E-state index contributed by atoms with van der Waals surface area (Å²) in [6, 6.07) is 3.73. The minimum absolute atomic E-state index is 0.0552. The van der Waals surface area contributed by atoms with E-state index in [0.717, 1.165) is 11.9 Å².